The van der Waals surface area contributed by atoms with Crippen molar-refractivity contribution >= 4 is 18.0 Å². The van der Waals surface area contributed by atoms with Crippen molar-refractivity contribution in [3.63, 3.8) is 0 Å². The van der Waals surface area contributed by atoms with Crippen LogP contribution >= 0.6 is 0 Å². The van der Waals surface area contributed by atoms with Gasteiger partial charge < -0.3 is 20.5 Å². The molecule has 0 saturated heterocycles. The number of rotatable bonds is 7. The maximum atomic E-state index is 13.9. The van der Waals surface area contributed by atoms with Gasteiger partial charge >= 0.3 is 0 Å². The fraction of sp³-hybridized carbons (Fsp3) is 0.273. The maximum absolute atomic E-state index is 13.9. The van der Waals surface area contributed by atoms with Crippen LogP contribution in [0.3, 0.4) is 0 Å². The van der Waals surface area contributed by atoms with E-state index in [1.54, 1.807) is 20.0 Å². The Morgan fingerprint density at radius 2 is 1.94 bits per heavy atom. The Morgan fingerprint density at radius 1 is 1.26 bits per heavy atom. The number of hydrogen-bond donors (Lipinski definition) is 2. The number of nitrogens with one attached hydrogen (secondary N) is 1. The maximum Gasteiger partial charge on any atom is 0.279 e. The summed E-state index contributed by atoms with van der Waals surface area (Å²) in [6.07, 6.45) is 4.50. The van der Waals surface area contributed by atoms with Crippen LogP contribution in [0, 0.1) is 12.7 Å². The fourth-order valence-electron chi connectivity index (χ4n) is 2.42. The Labute approximate surface area is 180 Å². The molecule has 2 aromatic rings. The van der Waals surface area contributed by atoms with Crippen molar-refractivity contribution in [3.8, 4) is 17.2 Å². The Balaban J connectivity index is 2.51. The molecule has 1 aromatic carbocycles. The van der Waals surface area contributed by atoms with Gasteiger partial charge in [0.1, 0.15) is 34.4 Å². The number of carbonyl (C=O) groups excluding carboxylic acids is 2. The highest BCUT2D eigenvalue weighted by molar-refractivity contribution is 6.06. The first-order valence-electron chi connectivity index (χ1n) is 9.38. The van der Waals surface area contributed by atoms with E-state index in [1.165, 1.54) is 24.5 Å². The van der Waals surface area contributed by atoms with Crippen LogP contribution < -0.4 is 20.5 Å². The van der Waals surface area contributed by atoms with Gasteiger partial charge in [-0.05, 0) is 52.1 Å². The molecule has 164 valence electrons. The quantitative estimate of drug-likeness (QED) is 0.394. The van der Waals surface area contributed by atoms with Crippen LogP contribution in [0.1, 0.15) is 47.2 Å². The van der Waals surface area contributed by atoms with Crippen LogP contribution in [0.2, 0.25) is 0 Å². The highest BCUT2D eigenvalue weighted by Gasteiger charge is 2.20. The van der Waals surface area contributed by atoms with E-state index in [9.17, 15) is 14.0 Å². The first-order valence-corrected chi connectivity index (χ1v) is 9.38. The lowest BCUT2D eigenvalue weighted by Gasteiger charge is -2.24. The first kappa shape index (κ1) is 23.5. The van der Waals surface area contributed by atoms with Gasteiger partial charge in [0.2, 0.25) is 0 Å². The molecule has 1 heterocycles. The molecular formula is C22H25FN4O4. The van der Waals surface area contributed by atoms with Gasteiger partial charge in [0.25, 0.3) is 5.91 Å². The van der Waals surface area contributed by atoms with E-state index in [0.29, 0.717) is 17.6 Å². The van der Waals surface area contributed by atoms with Gasteiger partial charge in [-0.2, -0.15) is 4.99 Å². The molecular weight excluding hydrogens is 403 g/mol. The molecule has 0 spiro atoms. The second-order valence-corrected chi connectivity index (χ2v) is 7.53. The molecule has 0 radical (unpaired) electrons. The number of hydrogen-bond acceptors (Lipinski definition) is 6. The predicted molar refractivity (Wildman–Crippen MR) is 115 cm³/mol. The number of aldehydes is 1. The number of benzene rings is 1. The lowest BCUT2D eigenvalue weighted by molar-refractivity contribution is 0.0998. The minimum atomic E-state index is -0.822. The molecule has 9 heteroatoms. The van der Waals surface area contributed by atoms with Crippen LogP contribution in [-0.4, -0.2) is 35.7 Å². The number of halogens is 1. The molecule has 0 bridgehead atoms. The summed E-state index contributed by atoms with van der Waals surface area (Å²) in [5.41, 5.74) is 5.60. The fourth-order valence-corrected chi connectivity index (χ4v) is 2.42. The molecule has 0 aliphatic rings. The molecule has 1 amide bonds. The molecule has 0 saturated carbocycles. The van der Waals surface area contributed by atoms with E-state index < -0.39 is 17.3 Å². The summed E-state index contributed by atoms with van der Waals surface area (Å²) in [4.78, 5) is 31.0. The van der Waals surface area contributed by atoms with Crippen LogP contribution in [0.25, 0.3) is 0 Å². The number of amides is 1. The number of nitrogens with two attached hydrogens (primary N) is 1. The molecule has 1 aromatic heterocycles. The second kappa shape index (κ2) is 9.84. The molecule has 0 aliphatic heterocycles. The van der Waals surface area contributed by atoms with Crippen molar-refractivity contribution in [2.75, 3.05) is 7.05 Å². The Kier molecular flexibility index (Phi) is 7.47. The zero-order chi connectivity index (χ0) is 23.2. The summed E-state index contributed by atoms with van der Waals surface area (Å²) >= 11 is 0. The molecule has 0 aliphatic carbocycles. The van der Waals surface area contributed by atoms with E-state index in [-0.39, 0.29) is 28.6 Å². The average Bonchev–Trinajstić information content (AvgIpc) is 2.68. The lowest BCUT2D eigenvalue weighted by Crippen LogP contribution is -2.23. The molecule has 8 nitrogen and oxygen atoms in total. The zero-order valence-corrected chi connectivity index (χ0v) is 18.0. The molecule has 0 unspecified atom stereocenters. The van der Waals surface area contributed by atoms with Crippen LogP contribution in [0.15, 0.2) is 41.7 Å². The van der Waals surface area contributed by atoms with Crippen molar-refractivity contribution in [2.24, 2.45) is 10.7 Å². The highest BCUT2D eigenvalue weighted by Crippen LogP contribution is 2.35. The largest absolute Gasteiger partial charge is 0.488 e. The monoisotopic (exact) mass is 428 g/mol. The topological polar surface area (TPSA) is 116 Å². The normalized spacial score (nSPS) is 12.0. The van der Waals surface area contributed by atoms with E-state index in [2.05, 4.69) is 15.3 Å². The molecule has 2 rings (SSSR count). The Morgan fingerprint density at radius 3 is 2.52 bits per heavy atom. The third-order valence-electron chi connectivity index (χ3n) is 3.81. The Hall–Kier alpha value is -3.75. The molecule has 3 N–H and O–H groups in total. The van der Waals surface area contributed by atoms with Gasteiger partial charge in [-0.3, -0.25) is 9.59 Å². The van der Waals surface area contributed by atoms with E-state index in [1.807, 2.05) is 20.8 Å². The Bertz CT molecular complexity index is 1040. The van der Waals surface area contributed by atoms with Crippen LogP contribution in [0.4, 0.5) is 4.39 Å². The lowest BCUT2D eigenvalue weighted by atomic mass is 10.1. The van der Waals surface area contributed by atoms with E-state index in [4.69, 9.17) is 15.2 Å². The SMILES string of the molecule is CN/C=C\C(N)=NC(=O)c1cc(Oc2cnc(C=O)c(F)c2)c(C)c(OC(C)(C)C)c1. The predicted octanol–water partition coefficient (Wildman–Crippen LogP) is 3.54. The smallest absolute Gasteiger partial charge is 0.279 e. The highest BCUT2D eigenvalue weighted by atomic mass is 19.1. The minimum Gasteiger partial charge on any atom is -0.488 e. The number of amidine groups is 1. The van der Waals surface area contributed by atoms with Crippen LogP contribution in [0.5, 0.6) is 17.2 Å². The van der Waals surface area contributed by atoms with Gasteiger partial charge in [-0.15, -0.1) is 0 Å². The first-order chi connectivity index (χ1) is 14.5. The number of carbonyl (C=O) groups is 2. The van der Waals surface area contributed by atoms with Gasteiger partial charge in [-0.1, -0.05) is 0 Å². The van der Waals surface area contributed by atoms with Gasteiger partial charge in [0.05, 0.1) is 6.20 Å². The standard InChI is InChI=1S/C22H25FN4O4/c1-13-18(30-15-10-16(23)17(12-28)26-11-15)8-14(9-19(13)31-22(2,3)4)21(29)27-20(24)6-7-25-5/h6-12,25H,1-5H3,(H2,24,27,29)/b7-6-. The van der Waals surface area contributed by atoms with E-state index >= 15 is 0 Å². The van der Waals surface area contributed by atoms with Gasteiger partial charge in [0.15, 0.2) is 12.1 Å². The average molecular weight is 428 g/mol. The van der Waals surface area contributed by atoms with E-state index in [0.717, 1.165) is 6.07 Å². The van der Waals surface area contributed by atoms with Crippen molar-refractivity contribution in [3.05, 3.63) is 59.3 Å². The van der Waals surface area contributed by atoms with Crippen molar-refractivity contribution in [1.29, 1.82) is 0 Å². The van der Waals surface area contributed by atoms with Crippen molar-refractivity contribution < 1.29 is 23.5 Å². The minimum absolute atomic E-state index is 0.0106. The van der Waals surface area contributed by atoms with Gasteiger partial charge in [-0.25, -0.2) is 9.37 Å². The summed E-state index contributed by atoms with van der Waals surface area (Å²) in [5, 5.41) is 2.75. The molecule has 31 heavy (non-hydrogen) atoms. The van der Waals surface area contributed by atoms with Crippen LogP contribution in [-0.2, 0) is 0 Å². The van der Waals surface area contributed by atoms with Crippen molar-refractivity contribution in [2.45, 2.75) is 33.3 Å². The number of ether oxygens (including phenoxy) is 2. The summed E-state index contributed by atoms with van der Waals surface area (Å²) in [7, 11) is 1.69. The summed E-state index contributed by atoms with van der Waals surface area (Å²) in [6.45, 7) is 7.31. The van der Waals surface area contributed by atoms with Crippen molar-refractivity contribution in [1.82, 2.24) is 10.3 Å². The zero-order valence-electron chi connectivity index (χ0n) is 18.0. The molecule has 0 fully saturated rings. The summed E-state index contributed by atoms with van der Waals surface area (Å²) in [5.74, 6) is -0.732. The summed E-state index contributed by atoms with van der Waals surface area (Å²) in [6, 6.07) is 4.04. The number of aromatic nitrogens is 1. The third kappa shape index (κ3) is 6.63. The van der Waals surface area contributed by atoms with Gasteiger partial charge in [0, 0.05) is 24.2 Å². The second-order valence-electron chi connectivity index (χ2n) is 7.53. The number of nitrogens with zero attached hydrogens (tertiary/aromatic N) is 2. The number of aliphatic imine (C=N–C) groups is 1. The third-order valence-corrected chi connectivity index (χ3v) is 3.81. The summed E-state index contributed by atoms with van der Waals surface area (Å²) < 4.78 is 25.6. The molecule has 0 atom stereocenters. The number of pyridine rings is 1.